The molecule has 0 aromatic heterocycles. The van der Waals surface area contributed by atoms with Crippen LogP contribution in [0.5, 0.6) is 0 Å². The van der Waals surface area contributed by atoms with Gasteiger partial charge in [0.25, 0.3) is 11.6 Å². The van der Waals surface area contributed by atoms with Crippen molar-refractivity contribution in [2.45, 2.75) is 39.3 Å². The lowest BCUT2D eigenvalue weighted by Gasteiger charge is -2.17. The SMILES string of the molecule is CCC(C)NC(=O)C(C)NC(=O)c1cc(C(=O)O)cc([N+](=O)[O-])c1. The van der Waals surface area contributed by atoms with E-state index in [0.29, 0.717) is 0 Å². The van der Waals surface area contributed by atoms with E-state index in [1.807, 2.05) is 13.8 Å². The molecule has 0 radical (unpaired) electrons. The van der Waals surface area contributed by atoms with E-state index in [0.717, 1.165) is 24.6 Å². The molecule has 1 rings (SSSR count). The zero-order valence-corrected chi connectivity index (χ0v) is 13.5. The first kappa shape index (κ1) is 19.1. The zero-order valence-electron chi connectivity index (χ0n) is 13.5. The number of nitro benzene ring substituents is 1. The number of rotatable bonds is 7. The van der Waals surface area contributed by atoms with Crippen molar-refractivity contribution in [2.75, 3.05) is 0 Å². The van der Waals surface area contributed by atoms with Crippen LogP contribution in [0.25, 0.3) is 0 Å². The number of benzene rings is 1. The summed E-state index contributed by atoms with van der Waals surface area (Å²) >= 11 is 0. The molecule has 24 heavy (non-hydrogen) atoms. The highest BCUT2D eigenvalue weighted by Gasteiger charge is 2.21. The molecular weight excluding hydrogens is 318 g/mol. The van der Waals surface area contributed by atoms with Crippen molar-refractivity contribution in [3.8, 4) is 0 Å². The fraction of sp³-hybridized carbons (Fsp3) is 0.400. The Kier molecular flexibility index (Phi) is 6.39. The van der Waals surface area contributed by atoms with Crippen LogP contribution in [0.4, 0.5) is 5.69 Å². The molecule has 0 spiro atoms. The largest absolute Gasteiger partial charge is 0.478 e. The van der Waals surface area contributed by atoms with Crippen LogP contribution in [0.1, 0.15) is 47.9 Å². The molecule has 3 N–H and O–H groups in total. The van der Waals surface area contributed by atoms with Crippen molar-refractivity contribution >= 4 is 23.5 Å². The Labute approximate surface area is 138 Å². The summed E-state index contributed by atoms with van der Waals surface area (Å²) in [5, 5.41) is 24.9. The molecule has 9 heteroatoms. The standard InChI is InChI=1S/C15H19N3O6/c1-4-8(2)16-13(19)9(3)17-14(20)10-5-11(15(21)22)7-12(6-10)18(23)24/h5-9H,4H2,1-3H3,(H,16,19)(H,17,20)(H,21,22). The third kappa shape index (κ3) is 5.04. The Balaban J connectivity index is 2.96. The minimum Gasteiger partial charge on any atom is -0.478 e. The Hall–Kier alpha value is -2.97. The summed E-state index contributed by atoms with van der Waals surface area (Å²) < 4.78 is 0. The van der Waals surface area contributed by atoms with Gasteiger partial charge in [-0.25, -0.2) is 4.79 Å². The van der Waals surface area contributed by atoms with Crippen molar-refractivity contribution in [1.29, 1.82) is 0 Å². The van der Waals surface area contributed by atoms with E-state index < -0.39 is 34.4 Å². The Morgan fingerprint density at radius 2 is 1.75 bits per heavy atom. The van der Waals surface area contributed by atoms with Crippen LogP contribution >= 0.6 is 0 Å². The average molecular weight is 337 g/mol. The van der Waals surface area contributed by atoms with E-state index >= 15 is 0 Å². The quantitative estimate of drug-likeness (QED) is 0.506. The number of carbonyl (C=O) groups excluding carboxylic acids is 2. The van der Waals surface area contributed by atoms with E-state index in [2.05, 4.69) is 10.6 Å². The van der Waals surface area contributed by atoms with Crippen molar-refractivity contribution in [2.24, 2.45) is 0 Å². The third-order valence-electron chi connectivity index (χ3n) is 3.38. The summed E-state index contributed by atoms with van der Waals surface area (Å²) in [7, 11) is 0. The van der Waals surface area contributed by atoms with Gasteiger partial charge in [-0.2, -0.15) is 0 Å². The highest BCUT2D eigenvalue weighted by Crippen LogP contribution is 2.17. The number of nitro groups is 1. The molecule has 2 atom stereocenters. The lowest BCUT2D eigenvalue weighted by molar-refractivity contribution is -0.384. The van der Waals surface area contributed by atoms with Crippen LogP contribution in [-0.2, 0) is 4.79 Å². The Bertz CT molecular complexity index is 641. The molecule has 0 aliphatic carbocycles. The molecule has 0 bridgehead atoms. The van der Waals surface area contributed by atoms with E-state index in [9.17, 15) is 24.5 Å². The van der Waals surface area contributed by atoms with Crippen molar-refractivity contribution in [3.05, 3.63) is 39.4 Å². The highest BCUT2D eigenvalue weighted by atomic mass is 16.6. The fourth-order valence-electron chi connectivity index (χ4n) is 1.79. The molecule has 0 saturated heterocycles. The molecule has 0 heterocycles. The predicted octanol–water partition coefficient (Wildman–Crippen LogP) is 1.33. The first-order chi connectivity index (χ1) is 11.1. The maximum Gasteiger partial charge on any atom is 0.335 e. The molecule has 0 saturated carbocycles. The smallest absolute Gasteiger partial charge is 0.335 e. The molecule has 2 amide bonds. The average Bonchev–Trinajstić information content (AvgIpc) is 2.53. The normalized spacial score (nSPS) is 12.8. The van der Waals surface area contributed by atoms with Gasteiger partial charge in [0, 0.05) is 23.7 Å². The molecular formula is C15H19N3O6. The summed E-state index contributed by atoms with van der Waals surface area (Å²) in [6.45, 7) is 5.17. The number of amides is 2. The van der Waals surface area contributed by atoms with Crippen molar-refractivity contribution in [1.82, 2.24) is 10.6 Å². The lowest BCUT2D eigenvalue weighted by atomic mass is 10.1. The van der Waals surface area contributed by atoms with Gasteiger partial charge in [0.2, 0.25) is 5.91 Å². The second-order valence-electron chi connectivity index (χ2n) is 5.34. The maximum absolute atomic E-state index is 12.2. The molecule has 0 fully saturated rings. The number of aromatic carboxylic acids is 1. The van der Waals surface area contributed by atoms with Crippen molar-refractivity contribution in [3.63, 3.8) is 0 Å². The highest BCUT2D eigenvalue weighted by molar-refractivity contribution is 6.00. The van der Waals surface area contributed by atoms with Gasteiger partial charge in [-0.1, -0.05) is 6.92 Å². The molecule has 0 aliphatic heterocycles. The van der Waals surface area contributed by atoms with Gasteiger partial charge in [-0.05, 0) is 26.3 Å². The van der Waals surface area contributed by atoms with Gasteiger partial charge in [0.1, 0.15) is 6.04 Å². The van der Waals surface area contributed by atoms with Crippen LogP contribution in [0, 0.1) is 10.1 Å². The van der Waals surface area contributed by atoms with Crippen LogP contribution in [0.2, 0.25) is 0 Å². The number of nitrogens with zero attached hydrogens (tertiary/aromatic N) is 1. The Morgan fingerprint density at radius 3 is 2.25 bits per heavy atom. The minimum absolute atomic E-state index is 0.0618. The van der Waals surface area contributed by atoms with Gasteiger partial charge in [0.15, 0.2) is 0 Å². The monoisotopic (exact) mass is 337 g/mol. The van der Waals surface area contributed by atoms with Gasteiger partial charge in [0.05, 0.1) is 10.5 Å². The molecule has 0 aliphatic rings. The fourth-order valence-corrected chi connectivity index (χ4v) is 1.79. The first-order valence-corrected chi connectivity index (χ1v) is 7.29. The molecule has 130 valence electrons. The molecule has 1 aromatic rings. The number of nitrogens with one attached hydrogen (secondary N) is 2. The second-order valence-corrected chi connectivity index (χ2v) is 5.34. The van der Waals surface area contributed by atoms with Gasteiger partial charge in [-0.3, -0.25) is 19.7 Å². The van der Waals surface area contributed by atoms with Crippen LogP contribution < -0.4 is 10.6 Å². The topological polar surface area (TPSA) is 139 Å². The van der Waals surface area contributed by atoms with Gasteiger partial charge >= 0.3 is 5.97 Å². The van der Waals surface area contributed by atoms with Crippen molar-refractivity contribution < 1.29 is 24.4 Å². The van der Waals surface area contributed by atoms with E-state index in [1.165, 1.54) is 6.92 Å². The number of non-ortho nitro benzene ring substituents is 1. The summed E-state index contributed by atoms with van der Waals surface area (Å²) in [5.74, 6) is -2.56. The van der Waals surface area contributed by atoms with E-state index in [4.69, 9.17) is 5.11 Å². The van der Waals surface area contributed by atoms with Crippen LogP contribution in [-0.4, -0.2) is 39.9 Å². The number of hydrogen-bond acceptors (Lipinski definition) is 5. The minimum atomic E-state index is -1.39. The zero-order chi connectivity index (χ0) is 18.4. The molecule has 2 unspecified atom stereocenters. The van der Waals surface area contributed by atoms with Crippen LogP contribution in [0.15, 0.2) is 18.2 Å². The summed E-state index contributed by atoms with van der Waals surface area (Å²) in [6.07, 6.45) is 0.721. The first-order valence-electron chi connectivity index (χ1n) is 7.29. The molecule has 9 nitrogen and oxygen atoms in total. The predicted molar refractivity (Wildman–Crippen MR) is 84.9 cm³/mol. The molecule has 1 aromatic carbocycles. The number of hydrogen-bond donors (Lipinski definition) is 3. The second kappa shape index (κ2) is 8.04. The van der Waals surface area contributed by atoms with E-state index in [-0.39, 0.29) is 17.2 Å². The number of carboxylic acids is 1. The van der Waals surface area contributed by atoms with E-state index in [1.54, 1.807) is 0 Å². The maximum atomic E-state index is 12.2. The third-order valence-corrected chi connectivity index (χ3v) is 3.38. The number of carboxylic acid groups (broad SMARTS) is 1. The summed E-state index contributed by atoms with van der Waals surface area (Å²) in [6, 6.07) is 1.90. The van der Waals surface area contributed by atoms with Crippen LogP contribution in [0.3, 0.4) is 0 Å². The lowest BCUT2D eigenvalue weighted by Crippen LogP contribution is -2.47. The summed E-state index contributed by atoms with van der Waals surface area (Å²) in [5.41, 5.74) is -1.10. The number of carbonyl (C=O) groups is 3. The Morgan fingerprint density at radius 1 is 1.17 bits per heavy atom. The summed E-state index contributed by atoms with van der Waals surface area (Å²) in [4.78, 5) is 45.1. The van der Waals surface area contributed by atoms with Gasteiger partial charge < -0.3 is 15.7 Å². The van der Waals surface area contributed by atoms with Gasteiger partial charge in [-0.15, -0.1) is 0 Å².